The van der Waals surface area contributed by atoms with Crippen molar-refractivity contribution in [1.29, 1.82) is 0 Å². The minimum atomic E-state index is 0.158. The molecule has 2 heterocycles. The third-order valence-electron chi connectivity index (χ3n) is 5.79. The number of hydrogen-bond acceptors (Lipinski definition) is 2. The van der Waals surface area contributed by atoms with Crippen molar-refractivity contribution >= 4 is 22.6 Å². The average Bonchev–Trinajstić information content (AvgIpc) is 3.38. The zero-order chi connectivity index (χ0) is 17.6. The smallest absolute Gasteiger partial charge is 0.242 e. The van der Waals surface area contributed by atoms with Gasteiger partial charge < -0.3 is 9.47 Å². The Kier molecular flexibility index (Phi) is 4.14. The van der Waals surface area contributed by atoms with Gasteiger partial charge in [-0.25, -0.2) is 0 Å². The van der Waals surface area contributed by atoms with Crippen molar-refractivity contribution in [3.05, 3.63) is 36.0 Å². The van der Waals surface area contributed by atoms with Crippen LogP contribution in [0.3, 0.4) is 0 Å². The first-order chi connectivity index (χ1) is 12.1. The van der Waals surface area contributed by atoms with Crippen LogP contribution in [0, 0.1) is 5.92 Å². The molecule has 0 spiro atoms. The highest BCUT2D eigenvalue weighted by Gasteiger charge is 2.33. The number of carbonyl (C=O) groups excluding carboxylic acids is 2. The standard InChI is InChI=1S/C21H26N2O2/c1-14-6-5-7-15(2)23(14)20(24)13-22-12-18(21(25)16-10-11-16)17-8-3-4-9-19(17)22/h3-4,8-9,12,14-16H,5-7,10-11,13H2,1-2H3/t14-,15-/m1/s1. The van der Waals surface area contributed by atoms with Gasteiger partial charge in [0.05, 0.1) is 0 Å². The van der Waals surface area contributed by atoms with Gasteiger partial charge in [0.2, 0.25) is 5.91 Å². The average molecular weight is 338 g/mol. The molecule has 1 aliphatic heterocycles. The number of nitrogens with zero attached hydrogens (tertiary/aromatic N) is 2. The lowest BCUT2D eigenvalue weighted by Gasteiger charge is -2.39. The van der Waals surface area contributed by atoms with Crippen LogP contribution in [0.2, 0.25) is 0 Å². The van der Waals surface area contributed by atoms with E-state index >= 15 is 0 Å². The molecule has 0 bridgehead atoms. The Hall–Kier alpha value is -2.10. The van der Waals surface area contributed by atoms with E-state index < -0.39 is 0 Å². The molecule has 2 atom stereocenters. The topological polar surface area (TPSA) is 42.3 Å². The summed E-state index contributed by atoms with van der Waals surface area (Å²) in [4.78, 5) is 27.6. The molecular weight excluding hydrogens is 312 g/mol. The number of benzene rings is 1. The summed E-state index contributed by atoms with van der Waals surface area (Å²) >= 11 is 0. The van der Waals surface area contributed by atoms with E-state index in [1.165, 1.54) is 6.42 Å². The number of aromatic nitrogens is 1. The third kappa shape index (κ3) is 2.99. The number of likely N-dealkylation sites (tertiary alicyclic amines) is 1. The van der Waals surface area contributed by atoms with E-state index in [0.717, 1.165) is 42.1 Å². The fourth-order valence-electron chi connectivity index (χ4n) is 4.28. The number of carbonyl (C=O) groups is 2. The van der Waals surface area contributed by atoms with E-state index in [1.807, 2.05) is 39.9 Å². The molecule has 1 saturated heterocycles. The van der Waals surface area contributed by atoms with Crippen LogP contribution in [0.4, 0.5) is 0 Å². The van der Waals surface area contributed by atoms with E-state index in [2.05, 4.69) is 13.8 Å². The lowest BCUT2D eigenvalue weighted by atomic mass is 9.97. The molecule has 0 radical (unpaired) electrons. The Labute approximate surface area is 148 Å². The highest BCUT2D eigenvalue weighted by atomic mass is 16.2. The van der Waals surface area contributed by atoms with Crippen molar-refractivity contribution in [2.45, 2.75) is 64.6 Å². The van der Waals surface area contributed by atoms with Crippen molar-refractivity contribution in [2.24, 2.45) is 5.92 Å². The molecule has 2 aliphatic rings. The van der Waals surface area contributed by atoms with Crippen LogP contribution >= 0.6 is 0 Å². The van der Waals surface area contributed by atoms with E-state index in [-0.39, 0.29) is 17.6 Å². The molecule has 25 heavy (non-hydrogen) atoms. The van der Waals surface area contributed by atoms with Gasteiger partial charge in [-0.15, -0.1) is 0 Å². The summed E-state index contributed by atoms with van der Waals surface area (Å²) in [6, 6.07) is 8.54. The minimum absolute atomic E-state index is 0.158. The summed E-state index contributed by atoms with van der Waals surface area (Å²) in [5.74, 6) is 0.588. The monoisotopic (exact) mass is 338 g/mol. The molecule has 4 nitrogen and oxygen atoms in total. The van der Waals surface area contributed by atoms with Gasteiger partial charge >= 0.3 is 0 Å². The van der Waals surface area contributed by atoms with E-state index in [1.54, 1.807) is 0 Å². The maximum Gasteiger partial charge on any atom is 0.242 e. The number of fused-ring (bicyclic) bond motifs is 1. The Morgan fingerprint density at radius 3 is 2.40 bits per heavy atom. The van der Waals surface area contributed by atoms with E-state index in [9.17, 15) is 9.59 Å². The molecule has 4 rings (SSSR count). The Morgan fingerprint density at radius 2 is 1.72 bits per heavy atom. The van der Waals surface area contributed by atoms with Gasteiger partial charge in [-0.1, -0.05) is 18.2 Å². The predicted molar refractivity (Wildman–Crippen MR) is 98.6 cm³/mol. The maximum absolute atomic E-state index is 13.0. The Bertz CT molecular complexity index is 808. The fourth-order valence-corrected chi connectivity index (χ4v) is 4.28. The quantitative estimate of drug-likeness (QED) is 0.790. The molecule has 1 aromatic carbocycles. The first-order valence-electron chi connectivity index (χ1n) is 9.49. The number of para-hydroxylation sites is 1. The molecule has 0 N–H and O–H groups in total. The predicted octanol–water partition coefficient (Wildman–Crippen LogP) is 4.02. The van der Waals surface area contributed by atoms with Crippen LogP contribution in [0.25, 0.3) is 10.9 Å². The second-order valence-electron chi connectivity index (χ2n) is 7.76. The van der Waals surface area contributed by atoms with Gasteiger partial charge in [0.1, 0.15) is 6.54 Å². The SMILES string of the molecule is C[C@@H]1CCC[C@@H](C)N1C(=O)Cn1cc(C(=O)C2CC2)c2ccccc21. The van der Waals surface area contributed by atoms with Gasteiger partial charge in [-0.2, -0.15) is 0 Å². The van der Waals surface area contributed by atoms with Crippen molar-refractivity contribution < 1.29 is 9.59 Å². The van der Waals surface area contributed by atoms with Crippen molar-refractivity contribution in [2.75, 3.05) is 0 Å². The van der Waals surface area contributed by atoms with Gasteiger partial charge in [0.25, 0.3) is 0 Å². The highest BCUT2D eigenvalue weighted by Crippen LogP contribution is 2.35. The van der Waals surface area contributed by atoms with Crippen LogP contribution in [-0.4, -0.2) is 33.2 Å². The third-order valence-corrected chi connectivity index (χ3v) is 5.79. The Morgan fingerprint density at radius 1 is 1.04 bits per heavy atom. The molecule has 0 unspecified atom stereocenters. The molecule has 132 valence electrons. The minimum Gasteiger partial charge on any atom is -0.337 e. The number of rotatable bonds is 4. The zero-order valence-corrected chi connectivity index (χ0v) is 15.1. The van der Waals surface area contributed by atoms with Gasteiger partial charge in [-0.05, 0) is 52.0 Å². The van der Waals surface area contributed by atoms with Crippen LogP contribution in [0.1, 0.15) is 56.3 Å². The van der Waals surface area contributed by atoms with Crippen LogP contribution < -0.4 is 0 Å². The molecule has 2 aromatic rings. The maximum atomic E-state index is 13.0. The summed E-state index contributed by atoms with van der Waals surface area (Å²) in [6.45, 7) is 4.60. The summed E-state index contributed by atoms with van der Waals surface area (Å²) in [5.41, 5.74) is 1.77. The second-order valence-corrected chi connectivity index (χ2v) is 7.76. The van der Waals surface area contributed by atoms with Gasteiger partial charge in [-0.3, -0.25) is 9.59 Å². The summed E-state index contributed by atoms with van der Waals surface area (Å²) in [6.07, 6.45) is 7.25. The molecule has 1 aromatic heterocycles. The lowest BCUT2D eigenvalue weighted by Crippen LogP contribution is -2.48. The zero-order valence-electron chi connectivity index (χ0n) is 15.1. The largest absolute Gasteiger partial charge is 0.337 e. The summed E-state index contributed by atoms with van der Waals surface area (Å²) in [5, 5.41) is 0.979. The second kappa shape index (κ2) is 6.32. The van der Waals surface area contributed by atoms with Gasteiger partial charge in [0, 0.05) is 40.7 Å². The number of Topliss-reactive ketones (excluding diaryl/α,β-unsaturated/α-hetero) is 1. The highest BCUT2D eigenvalue weighted by molar-refractivity contribution is 6.10. The number of amides is 1. The molecular formula is C21H26N2O2. The molecule has 1 amide bonds. The molecule has 1 saturated carbocycles. The molecule has 2 fully saturated rings. The van der Waals surface area contributed by atoms with Crippen molar-refractivity contribution in [3.63, 3.8) is 0 Å². The van der Waals surface area contributed by atoms with E-state index in [0.29, 0.717) is 18.6 Å². The molecule has 4 heteroatoms. The first kappa shape index (κ1) is 16.4. The Balaban J connectivity index is 1.65. The first-order valence-corrected chi connectivity index (χ1v) is 9.49. The van der Waals surface area contributed by atoms with E-state index in [4.69, 9.17) is 0 Å². The fraction of sp³-hybridized carbons (Fsp3) is 0.524. The molecule has 1 aliphatic carbocycles. The van der Waals surface area contributed by atoms with Crippen molar-refractivity contribution in [3.8, 4) is 0 Å². The lowest BCUT2D eigenvalue weighted by molar-refractivity contribution is -0.137. The number of hydrogen-bond donors (Lipinski definition) is 0. The normalized spacial score (nSPS) is 23.8. The van der Waals surface area contributed by atoms with Crippen LogP contribution in [0.5, 0.6) is 0 Å². The van der Waals surface area contributed by atoms with Crippen LogP contribution in [0.15, 0.2) is 30.5 Å². The summed E-state index contributed by atoms with van der Waals surface area (Å²) in [7, 11) is 0. The van der Waals surface area contributed by atoms with Crippen molar-refractivity contribution in [1.82, 2.24) is 9.47 Å². The number of piperidine rings is 1. The van der Waals surface area contributed by atoms with Crippen LogP contribution in [-0.2, 0) is 11.3 Å². The van der Waals surface area contributed by atoms with Gasteiger partial charge in [0.15, 0.2) is 5.78 Å². The summed E-state index contributed by atoms with van der Waals surface area (Å²) < 4.78 is 1.97. The number of ketones is 1.